The Balaban J connectivity index is 7.11. The fourth-order valence-corrected chi connectivity index (χ4v) is 1.50. The Hall–Kier alpha value is -2.36. The van der Waals surface area contributed by atoms with Crippen LogP contribution in [0, 0.1) is 0 Å². The van der Waals surface area contributed by atoms with Gasteiger partial charge < -0.3 is 0 Å². The van der Waals surface area contributed by atoms with Gasteiger partial charge in [0.05, 0.1) is 0 Å². The Morgan fingerprint density at radius 2 is 0.733 bits per heavy atom. The van der Waals surface area contributed by atoms with Gasteiger partial charge in [0.1, 0.15) is 0 Å². The fourth-order valence-electron chi connectivity index (χ4n) is 1.50. The van der Waals surface area contributed by atoms with Crippen LogP contribution < -0.4 is 0 Å². The zero-order valence-electron chi connectivity index (χ0n) is 12.8. The van der Waals surface area contributed by atoms with Gasteiger partial charge in [-0.05, 0) is 0 Å². The maximum atomic E-state index is 13.8. The molecular weight excluding hydrogens is 484 g/mol. The van der Waals surface area contributed by atoms with Crippen LogP contribution in [0.2, 0.25) is 0 Å². The van der Waals surface area contributed by atoms with Crippen LogP contribution in [0.25, 0.3) is 0 Å². The van der Waals surface area contributed by atoms with Crippen molar-refractivity contribution >= 4 is 12.2 Å². The third-order valence-corrected chi connectivity index (χ3v) is 3.13. The first kappa shape index (κ1) is 27.6. The molecule has 0 spiro atoms. The molecule has 174 valence electrons. The summed E-state index contributed by atoms with van der Waals surface area (Å²) < 4.78 is 207. The highest BCUT2D eigenvalue weighted by molar-refractivity contribution is 5.39. The molecule has 0 N–H and O–H groups in total. The minimum atomic E-state index is -8.65. The first-order valence-electron chi connectivity index (χ1n) is 6.08. The third kappa shape index (κ3) is 3.30. The molecule has 0 aromatic heterocycles. The van der Waals surface area contributed by atoms with Gasteiger partial charge in [-0.25, -0.2) is 14.0 Å². The first-order chi connectivity index (χ1) is 12.9. The average molecular weight is 484 g/mol. The van der Waals surface area contributed by atoms with Crippen LogP contribution in [0.1, 0.15) is 0 Å². The summed E-state index contributed by atoms with van der Waals surface area (Å²) in [6.07, 6.45) is -8.93. The van der Waals surface area contributed by atoms with Gasteiger partial charge in [-0.3, -0.25) is 0 Å². The van der Waals surface area contributed by atoms with Gasteiger partial charge >= 0.3 is 47.6 Å². The summed E-state index contributed by atoms with van der Waals surface area (Å²) in [7, 11) is 0. The van der Waals surface area contributed by atoms with E-state index in [2.05, 4.69) is 0 Å². The van der Waals surface area contributed by atoms with Crippen molar-refractivity contribution < 1.29 is 79.8 Å². The third-order valence-electron chi connectivity index (χ3n) is 3.13. The molecule has 4 nitrogen and oxygen atoms in total. The Kier molecular flexibility index (Phi) is 6.55. The lowest BCUT2D eigenvalue weighted by Gasteiger charge is -2.42. The van der Waals surface area contributed by atoms with E-state index in [4.69, 9.17) is 0 Å². The number of alkyl halides is 16. The molecule has 0 fully saturated rings. The van der Waals surface area contributed by atoms with Crippen LogP contribution in [0.4, 0.5) is 70.2 Å². The first-order valence-corrected chi connectivity index (χ1v) is 6.08. The van der Waals surface area contributed by atoms with Crippen molar-refractivity contribution in [3.05, 3.63) is 0 Å². The maximum Gasteiger partial charge on any atom is 0.460 e. The Morgan fingerprint density at radius 1 is 0.433 bits per heavy atom. The molecule has 0 rings (SSSR count). The van der Waals surface area contributed by atoms with E-state index >= 15 is 0 Å². The molecule has 1 atom stereocenters. The minimum absolute atomic E-state index is 0.479. The second-order valence-corrected chi connectivity index (χ2v) is 4.94. The van der Waals surface area contributed by atoms with Gasteiger partial charge in [-0.15, -0.1) is 9.98 Å². The molecule has 30 heavy (non-hydrogen) atoms. The summed E-state index contributed by atoms with van der Waals surface area (Å²) in [5.41, 5.74) is 0. The van der Waals surface area contributed by atoms with Crippen molar-refractivity contribution in [2.75, 3.05) is 0 Å². The summed E-state index contributed by atoms with van der Waals surface area (Å²) in [5, 5.41) is 0. The van der Waals surface area contributed by atoms with Gasteiger partial charge in [0.25, 0.3) is 0 Å². The van der Waals surface area contributed by atoms with Crippen LogP contribution in [-0.4, -0.2) is 59.8 Å². The van der Waals surface area contributed by atoms with E-state index in [9.17, 15) is 79.8 Å². The number of rotatable bonds is 8. The molecule has 1 unspecified atom stereocenters. The van der Waals surface area contributed by atoms with Gasteiger partial charge in [0, 0.05) is 0 Å². The molecule has 0 heterocycles. The predicted octanol–water partition coefficient (Wildman–Crippen LogP) is 4.66. The van der Waals surface area contributed by atoms with Crippen LogP contribution in [0.3, 0.4) is 0 Å². The number of hydrogen-bond acceptors (Lipinski definition) is 4. The zero-order valence-corrected chi connectivity index (χ0v) is 12.8. The lowest BCUT2D eigenvalue weighted by Crippen LogP contribution is -2.74. The predicted molar refractivity (Wildman–Crippen MR) is 55.8 cm³/mol. The SMILES string of the molecule is O=C=NC(F)(F)C(F)(N=C=O)C(F)(F)C(F)(F)C(F)(F)C(F)(F)C(F)(F)C(F)(F)F. The number of aliphatic imine (C=N–C) groups is 2. The quantitative estimate of drug-likeness (QED) is 0.218. The molecule has 20 heteroatoms. The van der Waals surface area contributed by atoms with E-state index < -0.39 is 59.8 Å². The maximum absolute atomic E-state index is 13.8. The Bertz CT molecular complexity index is 760. The zero-order chi connectivity index (χ0) is 24.8. The highest BCUT2D eigenvalue weighted by Crippen LogP contribution is 2.63. The van der Waals surface area contributed by atoms with Crippen molar-refractivity contribution in [2.24, 2.45) is 9.98 Å². The Morgan fingerprint density at radius 3 is 1.03 bits per heavy atom. The van der Waals surface area contributed by atoms with Crippen LogP contribution in [0.15, 0.2) is 9.98 Å². The van der Waals surface area contributed by atoms with E-state index in [1.807, 2.05) is 0 Å². The second kappa shape index (κ2) is 7.11. The van der Waals surface area contributed by atoms with Gasteiger partial charge in [-0.2, -0.15) is 65.9 Å². The largest absolute Gasteiger partial charge is 0.460 e. The molecule has 0 bridgehead atoms. The number of carbonyl (C=O) groups excluding carboxylic acids is 2. The second-order valence-electron chi connectivity index (χ2n) is 4.94. The molecule has 0 amide bonds. The average Bonchev–Trinajstić information content (AvgIpc) is 2.52. The van der Waals surface area contributed by atoms with E-state index in [0.717, 1.165) is 4.99 Å². The normalized spacial score (nSPS) is 16.9. The Labute approximate surface area is 151 Å². The lowest BCUT2D eigenvalue weighted by molar-refractivity contribution is -0.452. The molecule has 0 radical (unpaired) electrons. The highest BCUT2D eigenvalue weighted by atomic mass is 19.4. The lowest BCUT2D eigenvalue weighted by atomic mass is 9.88. The van der Waals surface area contributed by atoms with Crippen molar-refractivity contribution in [3.63, 3.8) is 0 Å². The van der Waals surface area contributed by atoms with Crippen LogP contribution >= 0.6 is 0 Å². The molecule has 0 saturated heterocycles. The van der Waals surface area contributed by atoms with Crippen molar-refractivity contribution in [2.45, 2.75) is 47.6 Å². The van der Waals surface area contributed by atoms with Gasteiger partial charge in [0.15, 0.2) is 0 Å². The summed E-state index contributed by atoms with van der Waals surface area (Å²) in [6, 6.07) is -6.81. The van der Waals surface area contributed by atoms with Gasteiger partial charge in [-0.1, -0.05) is 0 Å². The van der Waals surface area contributed by atoms with Crippen molar-refractivity contribution in [1.82, 2.24) is 0 Å². The van der Waals surface area contributed by atoms with E-state index in [-0.39, 0.29) is 0 Å². The fraction of sp³-hybridized carbons (Fsp3) is 0.800. The molecular formula is C10F16N2O2. The minimum Gasteiger partial charge on any atom is -0.211 e. The van der Waals surface area contributed by atoms with Crippen LogP contribution in [-0.2, 0) is 9.59 Å². The standard InChI is InChI=1S/C10F16N2O2/c11-3(12,5(15,16)7(19,20)9(22,23)24)4(13,14)6(17,18)8(21,27-1-29)10(25,26)28-2-30. The number of hydrogen-bond donors (Lipinski definition) is 0. The van der Waals surface area contributed by atoms with Crippen LogP contribution in [0.5, 0.6) is 0 Å². The topological polar surface area (TPSA) is 58.9 Å². The molecule has 0 aliphatic carbocycles. The van der Waals surface area contributed by atoms with Crippen molar-refractivity contribution in [1.29, 1.82) is 0 Å². The molecule has 0 aliphatic heterocycles. The summed E-state index contributed by atoms with van der Waals surface area (Å²) >= 11 is 0. The number of nitrogens with zero attached hydrogens (tertiary/aromatic N) is 2. The monoisotopic (exact) mass is 484 g/mol. The summed E-state index contributed by atoms with van der Waals surface area (Å²) in [5.74, 6) is -49.4. The van der Waals surface area contributed by atoms with Crippen molar-refractivity contribution in [3.8, 4) is 0 Å². The van der Waals surface area contributed by atoms with E-state index in [0.29, 0.717) is 4.99 Å². The molecule has 0 aromatic rings. The van der Waals surface area contributed by atoms with E-state index in [1.54, 1.807) is 0 Å². The molecule has 0 aliphatic rings. The molecule has 0 saturated carbocycles. The van der Waals surface area contributed by atoms with Gasteiger partial charge in [0.2, 0.25) is 12.2 Å². The smallest absolute Gasteiger partial charge is 0.211 e. The number of isocyanates is 2. The van der Waals surface area contributed by atoms with E-state index in [1.165, 1.54) is 0 Å². The molecule has 0 aromatic carbocycles. The summed E-state index contributed by atoms with van der Waals surface area (Å²) in [6.45, 7) is 0. The highest BCUT2D eigenvalue weighted by Gasteiger charge is 2.95. The number of halogens is 16. The summed E-state index contributed by atoms with van der Waals surface area (Å²) in [4.78, 5) is 20.9.